The zero-order valence-electron chi connectivity index (χ0n) is 8.39. The molecular formula is C10H22O. The van der Waals surface area contributed by atoms with Crippen molar-refractivity contribution in [3.05, 3.63) is 0 Å². The Balaban J connectivity index is 3.56. The first-order valence-corrected chi connectivity index (χ1v) is 4.79. The van der Waals surface area contributed by atoms with Crippen LogP contribution < -0.4 is 0 Å². The van der Waals surface area contributed by atoms with E-state index in [0.717, 1.165) is 0 Å². The summed E-state index contributed by atoms with van der Waals surface area (Å²) in [7, 11) is 1.83. The summed E-state index contributed by atoms with van der Waals surface area (Å²) in [5.41, 5.74) is 0. The quantitative estimate of drug-likeness (QED) is 0.576. The zero-order valence-corrected chi connectivity index (χ0v) is 8.39. The Labute approximate surface area is 71.1 Å². The van der Waals surface area contributed by atoms with Gasteiger partial charge in [-0.2, -0.15) is 0 Å². The fourth-order valence-corrected chi connectivity index (χ4v) is 1.30. The number of methoxy groups -OCH3 is 1. The molecule has 0 spiro atoms. The van der Waals surface area contributed by atoms with Crippen molar-refractivity contribution in [2.24, 2.45) is 5.92 Å². The van der Waals surface area contributed by atoms with Gasteiger partial charge in [-0.05, 0) is 12.3 Å². The monoisotopic (exact) mass is 158 g/mol. The maximum Gasteiger partial charge on any atom is 0.0596 e. The lowest BCUT2D eigenvalue weighted by Gasteiger charge is -2.20. The lowest BCUT2D eigenvalue weighted by atomic mass is 9.97. The lowest BCUT2D eigenvalue weighted by molar-refractivity contribution is 0.0487. The minimum Gasteiger partial charge on any atom is -0.381 e. The molecule has 0 radical (unpaired) electrons. The van der Waals surface area contributed by atoms with Gasteiger partial charge >= 0.3 is 0 Å². The van der Waals surface area contributed by atoms with E-state index in [4.69, 9.17) is 4.74 Å². The molecular weight excluding hydrogens is 136 g/mol. The molecule has 11 heavy (non-hydrogen) atoms. The summed E-state index contributed by atoms with van der Waals surface area (Å²) in [6, 6.07) is 0. The molecule has 0 aromatic rings. The van der Waals surface area contributed by atoms with Gasteiger partial charge in [-0.1, -0.05) is 40.0 Å². The second-order valence-electron chi connectivity index (χ2n) is 3.30. The summed E-state index contributed by atoms with van der Waals surface area (Å²) in [6.45, 7) is 6.72. The summed E-state index contributed by atoms with van der Waals surface area (Å²) in [4.78, 5) is 0. The molecule has 0 amide bonds. The highest BCUT2D eigenvalue weighted by molar-refractivity contribution is 4.64. The highest BCUT2D eigenvalue weighted by atomic mass is 16.5. The average molecular weight is 158 g/mol. The molecule has 68 valence electrons. The molecule has 1 nitrogen and oxygen atoms in total. The van der Waals surface area contributed by atoms with Crippen molar-refractivity contribution in [2.45, 2.75) is 52.6 Å². The van der Waals surface area contributed by atoms with Crippen molar-refractivity contribution in [3.8, 4) is 0 Å². The third kappa shape index (κ3) is 4.41. The molecule has 0 saturated carbocycles. The smallest absolute Gasteiger partial charge is 0.0596 e. The van der Waals surface area contributed by atoms with Crippen LogP contribution in [0.25, 0.3) is 0 Å². The van der Waals surface area contributed by atoms with E-state index in [2.05, 4.69) is 20.8 Å². The Morgan fingerprint density at radius 1 is 1.27 bits per heavy atom. The summed E-state index contributed by atoms with van der Waals surface area (Å²) in [5.74, 6) is 0.714. The zero-order chi connectivity index (χ0) is 8.69. The molecule has 0 saturated heterocycles. The Hall–Kier alpha value is -0.0400. The Morgan fingerprint density at radius 2 is 1.91 bits per heavy atom. The first kappa shape index (κ1) is 11.0. The van der Waals surface area contributed by atoms with Crippen LogP contribution in [-0.2, 0) is 4.74 Å². The van der Waals surface area contributed by atoms with Crippen LogP contribution in [0.5, 0.6) is 0 Å². The lowest BCUT2D eigenvalue weighted by Crippen LogP contribution is -2.19. The third-order valence-corrected chi connectivity index (χ3v) is 2.42. The molecule has 0 N–H and O–H groups in total. The second-order valence-corrected chi connectivity index (χ2v) is 3.30. The van der Waals surface area contributed by atoms with Crippen molar-refractivity contribution in [3.63, 3.8) is 0 Å². The number of hydrogen-bond donors (Lipinski definition) is 0. The van der Waals surface area contributed by atoms with Gasteiger partial charge in [0.25, 0.3) is 0 Å². The van der Waals surface area contributed by atoms with Gasteiger partial charge in [0, 0.05) is 7.11 Å². The minimum atomic E-state index is 0.486. The first-order chi connectivity index (χ1) is 5.26. The van der Waals surface area contributed by atoms with Gasteiger partial charge in [0.05, 0.1) is 6.10 Å². The molecule has 0 aromatic carbocycles. The number of ether oxygens (including phenoxy) is 1. The van der Waals surface area contributed by atoms with Gasteiger partial charge in [0.2, 0.25) is 0 Å². The van der Waals surface area contributed by atoms with Crippen molar-refractivity contribution < 1.29 is 4.74 Å². The van der Waals surface area contributed by atoms with Gasteiger partial charge in [0.15, 0.2) is 0 Å². The van der Waals surface area contributed by atoms with Crippen LogP contribution in [0.3, 0.4) is 0 Å². The van der Waals surface area contributed by atoms with E-state index >= 15 is 0 Å². The largest absolute Gasteiger partial charge is 0.381 e. The van der Waals surface area contributed by atoms with E-state index < -0.39 is 0 Å². The van der Waals surface area contributed by atoms with E-state index in [0.29, 0.717) is 12.0 Å². The summed E-state index contributed by atoms with van der Waals surface area (Å²) in [6.07, 6.45) is 5.50. The van der Waals surface area contributed by atoms with Crippen LogP contribution in [-0.4, -0.2) is 13.2 Å². The van der Waals surface area contributed by atoms with Crippen LogP contribution in [0.15, 0.2) is 0 Å². The Kier molecular flexibility index (Phi) is 6.63. The highest BCUT2D eigenvalue weighted by Crippen LogP contribution is 2.16. The molecule has 1 heteroatoms. The molecule has 0 fully saturated rings. The van der Waals surface area contributed by atoms with Crippen LogP contribution in [0.1, 0.15) is 46.5 Å². The molecule has 0 rings (SSSR count). The van der Waals surface area contributed by atoms with Crippen LogP contribution >= 0.6 is 0 Å². The standard InChI is InChI=1S/C10H22O/c1-5-7-8-10(11-4)9(3)6-2/h9-10H,5-8H2,1-4H3/t9-,10+/m1/s1. The van der Waals surface area contributed by atoms with E-state index in [1.165, 1.54) is 25.7 Å². The Bertz CT molecular complexity index is 80.9. The first-order valence-electron chi connectivity index (χ1n) is 4.79. The van der Waals surface area contributed by atoms with Gasteiger partial charge < -0.3 is 4.74 Å². The fourth-order valence-electron chi connectivity index (χ4n) is 1.30. The van der Waals surface area contributed by atoms with Crippen molar-refractivity contribution in [1.82, 2.24) is 0 Å². The molecule has 0 unspecified atom stereocenters. The summed E-state index contributed by atoms with van der Waals surface area (Å²) >= 11 is 0. The predicted molar refractivity (Wildman–Crippen MR) is 49.8 cm³/mol. The van der Waals surface area contributed by atoms with Crippen molar-refractivity contribution in [1.29, 1.82) is 0 Å². The molecule has 0 aromatic heterocycles. The highest BCUT2D eigenvalue weighted by Gasteiger charge is 2.13. The molecule has 0 aliphatic heterocycles. The third-order valence-electron chi connectivity index (χ3n) is 2.42. The number of unbranched alkanes of at least 4 members (excludes halogenated alkanes) is 1. The summed E-state index contributed by atoms with van der Waals surface area (Å²) in [5, 5.41) is 0. The summed E-state index contributed by atoms with van der Waals surface area (Å²) < 4.78 is 5.41. The van der Waals surface area contributed by atoms with Gasteiger partial charge in [-0.25, -0.2) is 0 Å². The minimum absolute atomic E-state index is 0.486. The SMILES string of the molecule is CCCC[C@H](OC)[C@H](C)CC. The molecule has 0 aliphatic carbocycles. The number of rotatable bonds is 6. The topological polar surface area (TPSA) is 9.23 Å². The molecule has 0 bridgehead atoms. The molecule has 2 atom stereocenters. The second kappa shape index (κ2) is 6.66. The van der Waals surface area contributed by atoms with Crippen molar-refractivity contribution in [2.75, 3.05) is 7.11 Å². The van der Waals surface area contributed by atoms with Crippen LogP contribution in [0, 0.1) is 5.92 Å². The van der Waals surface area contributed by atoms with Crippen LogP contribution in [0.2, 0.25) is 0 Å². The Morgan fingerprint density at radius 3 is 2.27 bits per heavy atom. The van der Waals surface area contributed by atoms with E-state index in [9.17, 15) is 0 Å². The maximum absolute atomic E-state index is 5.41. The van der Waals surface area contributed by atoms with E-state index in [1.807, 2.05) is 7.11 Å². The van der Waals surface area contributed by atoms with E-state index in [1.54, 1.807) is 0 Å². The van der Waals surface area contributed by atoms with Crippen molar-refractivity contribution >= 4 is 0 Å². The van der Waals surface area contributed by atoms with Gasteiger partial charge in [-0.15, -0.1) is 0 Å². The number of hydrogen-bond acceptors (Lipinski definition) is 1. The molecule has 0 aliphatic rings. The van der Waals surface area contributed by atoms with Gasteiger partial charge in [-0.3, -0.25) is 0 Å². The maximum atomic E-state index is 5.41. The van der Waals surface area contributed by atoms with E-state index in [-0.39, 0.29) is 0 Å². The van der Waals surface area contributed by atoms with Gasteiger partial charge in [0.1, 0.15) is 0 Å². The normalized spacial score (nSPS) is 16.4. The fraction of sp³-hybridized carbons (Fsp3) is 1.00. The average Bonchev–Trinajstić information content (AvgIpc) is 2.05. The van der Waals surface area contributed by atoms with Crippen LogP contribution in [0.4, 0.5) is 0 Å². The predicted octanol–water partition coefficient (Wildman–Crippen LogP) is 3.24. The molecule has 0 heterocycles.